The van der Waals surface area contributed by atoms with Crippen molar-refractivity contribution in [1.82, 2.24) is 4.90 Å². The van der Waals surface area contributed by atoms with E-state index in [1.165, 1.54) is 0 Å². The summed E-state index contributed by atoms with van der Waals surface area (Å²) in [5.41, 5.74) is 1.66. The summed E-state index contributed by atoms with van der Waals surface area (Å²) >= 11 is 3.54. The van der Waals surface area contributed by atoms with Crippen molar-refractivity contribution in [3.8, 4) is 0 Å². The number of fused-ring (bicyclic) bond motifs is 3. The summed E-state index contributed by atoms with van der Waals surface area (Å²) in [6.07, 6.45) is -9.59. The largest absolute Gasteiger partial charge is 0.394 e. The van der Waals surface area contributed by atoms with Crippen molar-refractivity contribution in [2.24, 2.45) is 5.92 Å². The van der Waals surface area contributed by atoms with Gasteiger partial charge in [0.1, 0.15) is 18.3 Å². The van der Waals surface area contributed by atoms with E-state index < -0.39 is 80.1 Å². The lowest BCUT2D eigenvalue weighted by Crippen LogP contribution is -2.60. The number of hydrogen-bond donors (Lipinski definition) is 6. The van der Waals surface area contributed by atoms with Gasteiger partial charge in [-0.2, -0.15) is 0 Å². The molecule has 0 radical (unpaired) electrons. The van der Waals surface area contributed by atoms with Gasteiger partial charge in [-0.05, 0) is 66.5 Å². The Morgan fingerprint density at radius 2 is 1.73 bits per heavy atom. The fourth-order valence-corrected chi connectivity index (χ4v) is 11.8. The lowest BCUT2D eigenvalue weighted by molar-refractivity contribution is -0.274. The van der Waals surface area contributed by atoms with Crippen LogP contribution in [0.2, 0.25) is 18.6 Å². The maximum atomic E-state index is 16.5. The zero-order chi connectivity index (χ0) is 39.6. The molecule has 4 aliphatic heterocycles. The smallest absolute Gasteiger partial charge is 0.264 e. The van der Waals surface area contributed by atoms with E-state index in [2.05, 4.69) is 21.2 Å². The lowest BCUT2D eigenvalue weighted by Gasteiger charge is -2.37. The number of benzene rings is 3. The van der Waals surface area contributed by atoms with Crippen LogP contribution in [0.5, 0.6) is 0 Å². The highest BCUT2D eigenvalue weighted by atomic mass is 79.9. The van der Waals surface area contributed by atoms with Crippen LogP contribution in [-0.4, -0.2) is 106 Å². The van der Waals surface area contributed by atoms with Gasteiger partial charge in [0.05, 0.1) is 37.4 Å². The third kappa shape index (κ3) is 7.06. The first-order valence-corrected chi connectivity index (χ1v) is 22.0. The number of aliphatic hydroxyl groups is 5. The fraction of sp³-hybridized carbons (Fsp3) is 0.462. The van der Waals surface area contributed by atoms with Gasteiger partial charge in [-0.25, -0.2) is 0 Å². The van der Waals surface area contributed by atoms with Crippen LogP contribution in [0, 0.1) is 5.92 Å². The topological polar surface area (TPSA) is 189 Å². The number of aliphatic hydroxyl groups excluding tert-OH is 5. The van der Waals surface area contributed by atoms with E-state index in [0.29, 0.717) is 34.3 Å². The molecule has 3 amide bonds. The molecule has 0 aliphatic carbocycles. The first-order valence-electron chi connectivity index (χ1n) is 18.3. The molecule has 3 aromatic rings. The molecule has 16 heteroatoms. The van der Waals surface area contributed by atoms with Crippen molar-refractivity contribution < 1.29 is 53.5 Å². The molecule has 7 rings (SSSR count). The highest BCUT2D eigenvalue weighted by molar-refractivity contribution is 9.10. The normalized spacial score (nSPS) is 31.7. The van der Waals surface area contributed by atoms with Crippen LogP contribution in [-0.2, 0) is 49.0 Å². The van der Waals surface area contributed by atoms with Crippen LogP contribution in [0.4, 0.5) is 15.5 Å². The molecule has 13 nitrogen and oxygen atoms in total. The average Bonchev–Trinajstić information content (AvgIpc) is 3.57. The van der Waals surface area contributed by atoms with Crippen molar-refractivity contribution >= 4 is 53.4 Å². The number of carbonyl (C=O) groups is 3. The van der Waals surface area contributed by atoms with E-state index in [4.69, 9.17) is 9.47 Å². The summed E-state index contributed by atoms with van der Waals surface area (Å²) in [6.45, 7) is 5.05. The molecule has 10 atom stereocenters. The lowest BCUT2D eigenvalue weighted by atomic mass is 9.82. The predicted octanol–water partition coefficient (Wildman–Crippen LogP) is 2.85. The maximum Gasteiger partial charge on any atom is 0.264 e. The van der Waals surface area contributed by atoms with Gasteiger partial charge in [-0.3, -0.25) is 14.4 Å². The summed E-state index contributed by atoms with van der Waals surface area (Å²) in [5, 5.41) is 52.9. The zero-order valence-corrected chi connectivity index (χ0v) is 33.1. The van der Waals surface area contributed by atoms with Crippen LogP contribution < -0.4 is 10.2 Å². The monoisotopic (exact) mass is 841 g/mol. The summed E-state index contributed by atoms with van der Waals surface area (Å²) in [7, 11) is -3.60. The van der Waals surface area contributed by atoms with Crippen molar-refractivity contribution in [3.63, 3.8) is 0 Å². The summed E-state index contributed by atoms with van der Waals surface area (Å²) in [5.74, 6) is -2.23. The van der Waals surface area contributed by atoms with Crippen molar-refractivity contribution in [1.29, 1.82) is 0 Å². The standard InChI is InChI=1S/C39H45BrFN3O10Si/c1-20-35(55(2,3)41)29(16-30(46)43-18-23-9-5-4-8-22(23)14-26(43)19-45)54-39(20)27-15-24(40)11-12-28(27)44(38(39)52)17-21-7-6-10-25(13-21)42-36(50)34-32(48)31(47)33(49)37(51)53-34/h4-13,15,20,26,29,31-35,37,45,47-49,51H,14,16-19H2,1-3H3,(H,42,50)/t20-,26+,29+,31+,32+,33-,34+,35-,37-,39+/m1/s1. The maximum absolute atomic E-state index is 16.5. The minimum Gasteiger partial charge on any atom is -0.394 e. The number of carbonyl (C=O) groups excluding carboxylic acids is 3. The second-order valence-electron chi connectivity index (χ2n) is 15.5. The first-order chi connectivity index (χ1) is 26.0. The number of amides is 3. The summed E-state index contributed by atoms with van der Waals surface area (Å²) < 4.78 is 29.1. The highest BCUT2D eigenvalue weighted by Crippen LogP contribution is 2.60. The minimum atomic E-state index is -3.60. The molecule has 294 valence electrons. The third-order valence-electron chi connectivity index (χ3n) is 11.6. The van der Waals surface area contributed by atoms with Gasteiger partial charge < -0.3 is 54.2 Å². The number of hydrogen-bond acceptors (Lipinski definition) is 10. The highest BCUT2D eigenvalue weighted by Gasteiger charge is 2.67. The number of rotatable bonds is 8. The molecule has 1 spiro atoms. The van der Waals surface area contributed by atoms with Gasteiger partial charge in [-0.15, -0.1) is 0 Å². The molecular formula is C39H45BrFN3O10Si. The van der Waals surface area contributed by atoms with Crippen LogP contribution in [0.1, 0.15) is 35.6 Å². The van der Waals surface area contributed by atoms with Gasteiger partial charge in [0, 0.05) is 33.7 Å². The van der Waals surface area contributed by atoms with Crippen molar-refractivity contribution in [2.45, 2.75) is 99.9 Å². The Kier molecular flexibility index (Phi) is 10.9. The molecule has 4 aliphatic rings. The Bertz CT molecular complexity index is 1990. The Balaban J connectivity index is 1.15. The summed E-state index contributed by atoms with van der Waals surface area (Å²) in [6, 6.07) is 19.3. The summed E-state index contributed by atoms with van der Waals surface area (Å²) in [4.78, 5) is 45.3. The minimum absolute atomic E-state index is 0.0251. The number of nitrogens with zero attached hydrogens (tertiary/aromatic N) is 2. The van der Waals surface area contributed by atoms with Gasteiger partial charge >= 0.3 is 0 Å². The van der Waals surface area contributed by atoms with Gasteiger partial charge in [0.15, 0.2) is 18.0 Å². The van der Waals surface area contributed by atoms with Crippen molar-refractivity contribution in [3.05, 3.63) is 93.5 Å². The molecule has 0 saturated carbocycles. The van der Waals surface area contributed by atoms with E-state index in [9.17, 15) is 39.9 Å². The number of ether oxygens (including phenoxy) is 2. The third-order valence-corrected chi connectivity index (χ3v) is 14.5. The molecule has 6 N–H and O–H groups in total. The predicted molar refractivity (Wildman–Crippen MR) is 204 cm³/mol. The van der Waals surface area contributed by atoms with Crippen LogP contribution >= 0.6 is 15.9 Å². The SMILES string of the molecule is C[C@@H]1[C@@H]([Si](C)(C)F)[C@H](CC(=O)N2Cc3ccccc3C[C@H]2CO)O[C@@]12C(=O)N(Cc1cccc(NC(=O)[C@H]3O[C@@H](O)[C@H](O)[C@@H](O)[C@@H]3O)c1)c1ccc(Br)cc12. The first kappa shape index (κ1) is 39.6. The number of halogens is 2. The van der Waals surface area contributed by atoms with Crippen LogP contribution in [0.25, 0.3) is 0 Å². The Morgan fingerprint density at radius 3 is 2.44 bits per heavy atom. The fourth-order valence-electron chi connectivity index (χ4n) is 8.93. The van der Waals surface area contributed by atoms with E-state index in [1.54, 1.807) is 65.4 Å². The Hall–Kier alpha value is -3.58. The molecule has 0 bridgehead atoms. The van der Waals surface area contributed by atoms with Gasteiger partial charge in [0.2, 0.25) is 14.3 Å². The van der Waals surface area contributed by atoms with Crippen LogP contribution in [0.15, 0.2) is 71.2 Å². The average molecular weight is 843 g/mol. The molecular weight excluding hydrogens is 797 g/mol. The molecule has 0 aromatic heterocycles. The molecule has 4 heterocycles. The molecule has 0 unspecified atom stereocenters. The molecule has 2 fully saturated rings. The number of nitrogens with one attached hydrogen (secondary N) is 1. The quantitative estimate of drug-likeness (QED) is 0.145. The second-order valence-corrected chi connectivity index (χ2v) is 20.2. The van der Waals surface area contributed by atoms with Gasteiger partial charge in [-0.1, -0.05) is 59.3 Å². The van der Waals surface area contributed by atoms with E-state index in [0.717, 1.165) is 11.1 Å². The van der Waals surface area contributed by atoms with E-state index in [1.807, 2.05) is 31.2 Å². The molecule has 2 saturated heterocycles. The number of anilines is 2. The van der Waals surface area contributed by atoms with Crippen LogP contribution in [0.3, 0.4) is 0 Å². The molecule has 3 aromatic carbocycles. The second kappa shape index (κ2) is 15.1. The van der Waals surface area contributed by atoms with Crippen molar-refractivity contribution in [2.75, 3.05) is 16.8 Å². The Labute approximate surface area is 327 Å². The Morgan fingerprint density at radius 1 is 1.00 bits per heavy atom. The van der Waals surface area contributed by atoms with E-state index >= 15 is 4.11 Å². The van der Waals surface area contributed by atoms with Gasteiger partial charge in [0.25, 0.3) is 11.8 Å². The zero-order valence-electron chi connectivity index (χ0n) is 30.5. The molecule has 55 heavy (non-hydrogen) atoms. The van der Waals surface area contributed by atoms with E-state index in [-0.39, 0.29) is 31.2 Å².